The second-order valence-corrected chi connectivity index (χ2v) is 6.28. The molecule has 2 aromatic rings. The van der Waals surface area contributed by atoms with Gasteiger partial charge in [-0.25, -0.2) is 9.79 Å². The molecular weight excluding hydrogens is 419 g/mol. The lowest BCUT2D eigenvalue weighted by molar-refractivity contribution is -0.129. The number of anilines is 1. The Balaban J connectivity index is 1.86. The van der Waals surface area contributed by atoms with Crippen LogP contribution in [0, 0.1) is 3.57 Å². The number of nitrogens with zero attached hydrogens (tertiary/aromatic N) is 1. The number of amides is 1. The van der Waals surface area contributed by atoms with Gasteiger partial charge >= 0.3 is 5.97 Å². The van der Waals surface area contributed by atoms with Crippen molar-refractivity contribution >= 4 is 52.1 Å². The molecule has 0 fully saturated rings. The first kappa shape index (κ1) is 16.4. The van der Waals surface area contributed by atoms with E-state index in [2.05, 4.69) is 32.9 Å². The van der Waals surface area contributed by atoms with E-state index >= 15 is 0 Å². The first-order chi connectivity index (χ1) is 11.5. The van der Waals surface area contributed by atoms with Crippen molar-refractivity contribution in [2.24, 2.45) is 4.99 Å². The molecule has 1 amide bonds. The molecular formula is C18H13IN2O3. The number of carbonyl (C=O) groups is 2. The fourth-order valence-corrected chi connectivity index (χ4v) is 2.71. The van der Waals surface area contributed by atoms with Crippen LogP contribution in [0.3, 0.4) is 0 Å². The molecule has 0 saturated carbocycles. The van der Waals surface area contributed by atoms with E-state index in [0.717, 1.165) is 9.13 Å². The van der Waals surface area contributed by atoms with Crippen LogP contribution in [-0.2, 0) is 14.3 Å². The number of halogens is 1. The van der Waals surface area contributed by atoms with Gasteiger partial charge in [-0.15, -0.1) is 0 Å². The number of carbonyl (C=O) groups excluding carboxylic acids is 2. The van der Waals surface area contributed by atoms with Gasteiger partial charge in [0.05, 0.1) is 0 Å². The number of benzene rings is 2. The van der Waals surface area contributed by atoms with Crippen LogP contribution in [-0.4, -0.2) is 17.8 Å². The van der Waals surface area contributed by atoms with Crippen LogP contribution >= 0.6 is 22.6 Å². The standard InChI is InChI=1S/C18H13IN2O3/c1-11(22)20-14-8-6-12(7-9-14)17-21-16(18(23)24-17)10-13-4-2-3-5-15(13)19/h2-10H,1H3,(H,20,22)/b16-10-. The quantitative estimate of drug-likeness (QED) is 0.458. The summed E-state index contributed by atoms with van der Waals surface area (Å²) in [7, 11) is 0. The van der Waals surface area contributed by atoms with E-state index in [9.17, 15) is 9.59 Å². The molecule has 1 heterocycles. The third-order valence-electron chi connectivity index (χ3n) is 3.27. The zero-order chi connectivity index (χ0) is 17.1. The molecule has 24 heavy (non-hydrogen) atoms. The highest BCUT2D eigenvalue weighted by Gasteiger charge is 2.24. The van der Waals surface area contributed by atoms with Crippen molar-refractivity contribution in [1.82, 2.24) is 0 Å². The van der Waals surface area contributed by atoms with E-state index in [4.69, 9.17) is 4.74 Å². The van der Waals surface area contributed by atoms with E-state index in [0.29, 0.717) is 11.3 Å². The smallest absolute Gasteiger partial charge is 0.363 e. The van der Waals surface area contributed by atoms with Crippen molar-refractivity contribution in [2.45, 2.75) is 6.92 Å². The zero-order valence-corrected chi connectivity index (χ0v) is 14.9. The average molecular weight is 432 g/mol. The monoisotopic (exact) mass is 432 g/mol. The number of nitrogens with one attached hydrogen (secondary N) is 1. The van der Waals surface area contributed by atoms with E-state index < -0.39 is 5.97 Å². The molecule has 1 aliphatic heterocycles. The highest BCUT2D eigenvalue weighted by molar-refractivity contribution is 14.1. The molecule has 120 valence electrons. The topological polar surface area (TPSA) is 67.8 Å². The molecule has 0 radical (unpaired) electrons. The molecule has 0 aliphatic carbocycles. The van der Waals surface area contributed by atoms with E-state index in [1.54, 1.807) is 30.3 Å². The number of aliphatic imine (C=N–C) groups is 1. The van der Waals surface area contributed by atoms with Crippen molar-refractivity contribution in [3.63, 3.8) is 0 Å². The Morgan fingerprint density at radius 1 is 1.17 bits per heavy atom. The summed E-state index contributed by atoms with van der Waals surface area (Å²) in [6.07, 6.45) is 1.71. The summed E-state index contributed by atoms with van der Waals surface area (Å²) in [5.41, 5.74) is 2.52. The lowest BCUT2D eigenvalue weighted by Gasteiger charge is -2.03. The maximum absolute atomic E-state index is 12.0. The Morgan fingerprint density at radius 2 is 1.88 bits per heavy atom. The second kappa shape index (κ2) is 6.96. The summed E-state index contributed by atoms with van der Waals surface area (Å²) in [5, 5.41) is 2.68. The van der Waals surface area contributed by atoms with Gasteiger partial charge in [0.15, 0.2) is 5.70 Å². The van der Waals surface area contributed by atoms with Gasteiger partial charge in [-0.1, -0.05) is 18.2 Å². The maximum Gasteiger partial charge on any atom is 0.363 e. The van der Waals surface area contributed by atoms with Crippen LogP contribution in [0.4, 0.5) is 5.69 Å². The van der Waals surface area contributed by atoms with Gasteiger partial charge in [0.2, 0.25) is 11.8 Å². The summed E-state index contributed by atoms with van der Waals surface area (Å²) in [4.78, 5) is 27.3. The van der Waals surface area contributed by atoms with Gasteiger partial charge in [0, 0.05) is 21.7 Å². The van der Waals surface area contributed by atoms with Gasteiger partial charge in [0.25, 0.3) is 0 Å². The van der Waals surface area contributed by atoms with Gasteiger partial charge in [0.1, 0.15) is 0 Å². The minimum Gasteiger partial charge on any atom is -0.402 e. The van der Waals surface area contributed by atoms with Gasteiger partial charge in [-0.3, -0.25) is 4.79 Å². The number of rotatable bonds is 3. The maximum atomic E-state index is 12.0. The molecule has 0 spiro atoms. The molecule has 0 unspecified atom stereocenters. The third-order valence-corrected chi connectivity index (χ3v) is 4.25. The largest absolute Gasteiger partial charge is 0.402 e. The van der Waals surface area contributed by atoms with Crippen molar-refractivity contribution in [3.8, 4) is 0 Å². The predicted molar refractivity (Wildman–Crippen MR) is 101 cm³/mol. The lowest BCUT2D eigenvalue weighted by atomic mass is 10.2. The Bertz CT molecular complexity index is 870. The zero-order valence-electron chi connectivity index (χ0n) is 12.7. The minimum absolute atomic E-state index is 0.143. The van der Waals surface area contributed by atoms with Gasteiger partial charge in [-0.2, -0.15) is 0 Å². The molecule has 3 rings (SSSR count). The Morgan fingerprint density at radius 3 is 2.54 bits per heavy atom. The predicted octanol–water partition coefficient (Wildman–Crippen LogP) is 3.59. The Labute approximate surface area is 152 Å². The number of ether oxygens (including phenoxy) is 1. The van der Waals surface area contributed by atoms with E-state index in [1.165, 1.54) is 6.92 Å². The summed E-state index contributed by atoms with van der Waals surface area (Å²) in [6, 6.07) is 14.7. The molecule has 1 N–H and O–H groups in total. The first-order valence-corrected chi connectivity index (χ1v) is 8.26. The highest BCUT2D eigenvalue weighted by Crippen LogP contribution is 2.22. The fourth-order valence-electron chi connectivity index (χ4n) is 2.17. The molecule has 0 saturated heterocycles. The molecule has 0 bridgehead atoms. The fraction of sp³-hybridized carbons (Fsp3) is 0.0556. The van der Waals surface area contributed by atoms with E-state index in [-0.39, 0.29) is 17.5 Å². The van der Waals surface area contributed by atoms with E-state index in [1.807, 2.05) is 24.3 Å². The Kier molecular flexibility index (Phi) is 4.75. The molecule has 6 heteroatoms. The molecule has 1 aliphatic rings. The van der Waals surface area contributed by atoms with Crippen LogP contribution in [0.25, 0.3) is 6.08 Å². The summed E-state index contributed by atoms with van der Waals surface area (Å²) >= 11 is 2.20. The SMILES string of the molecule is CC(=O)Nc1ccc(C2=N/C(=C\c3ccccc3I)C(=O)O2)cc1. The van der Waals surface area contributed by atoms with Crippen LogP contribution in [0.2, 0.25) is 0 Å². The number of cyclic esters (lactones) is 1. The van der Waals surface area contributed by atoms with Crippen LogP contribution in [0.15, 0.2) is 59.2 Å². The normalized spacial score (nSPS) is 15.2. The van der Waals surface area contributed by atoms with Crippen LogP contribution in [0.5, 0.6) is 0 Å². The second-order valence-electron chi connectivity index (χ2n) is 5.12. The molecule has 2 aromatic carbocycles. The van der Waals surface area contributed by atoms with Crippen LogP contribution in [0.1, 0.15) is 18.1 Å². The van der Waals surface area contributed by atoms with Crippen molar-refractivity contribution < 1.29 is 14.3 Å². The van der Waals surface area contributed by atoms with Crippen molar-refractivity contribution in [1.29, 1.82) is 0 Å². The first-order valence-electron chi connectivity index (χ1n) is 7.18. The van der Waals surface area contributed by atoms with Gasteiger partial charge < -0.3 is 10.1 Å². The number of esters is 1. The third kappa shape index (κ3) is 3.70. The average Bonchev–Trinajstić information content (AvgIpc) is 2.91. The number of hydrogen-bond donors (Lipinski definition) is 1. The Hall–Kier alpha value is -2.48. The van der Waals surface area contributed by atoms with Crippen molar-refractivity contribution in [2.75, 3.05) is 5.32 Å². The summed E-state index contributed by atoms with van der Waals surface area (Å²) < 4.78 is 6.27. The molecule has 0 aromatic heterocycles. The van der Waals surface area contributed by atoms with Crippen molar-refractivity contribution in [3.05, 3.63) is 68.9 Å². The molecule has 5 nitrogen and oxygen atoms in total. The molecule has 0 atom stereocenters. The van der Waals surface area contributed by atoms with Crippen LogP contribution < -0.4 is 5.32 Å². The summed E-state index contributed by atoms with van der Waals surface area (Å²) in [6.45, 7) is 1.44. The lowest BCUT2D eigenvalue weighted by Crippen LogP contribution is -2.07. The highest BCUT2D eigenvalue weighted by atomic mass is 127. The minimum atomic E-state index is -0.476. The summed E-state index contributed by atoms with van der Waals surface area (Å²) in [5.74, 6) is -0.364. The van der Waals surface area contributed by atoms with Gasteiger partial charge in [-0.05, 0) is 64.6 Å². The number of hydrogen-bond acceptors (Lipinski definition) is 4.